The zero-order chi connectivity index (χ0) is 22.5. The Kier molecular flexibility index (Phi) is 10.2. The molecule has 0 aliphatic carbocycles. The van der Waals surface area contributed by atoms with E-state index in [1.807, 2.05) is 12.1 Å². The first-order chi connectivity index (χ1) is 15.0. The van der Waals surface area contributed by atoms with Crippen LogP contribution in [0, 0.1) is 0 Å². The number of rotatable bonds is 10. The standard InChI is InChI=1S/C21H23BrN4O5/c1-30-12-4-11-23-20(28)21(29)26-24-13-15-5-2-3-6-18(15)31-14-19(27)25-17-9-7-16(22)8-10-17/h2-3,5-10,13H,4,11-12,14H2,1H3,(H,23,28)(H,25,27)(H,26,29)/b24-13-. The molecular formula is C21H23BrN4O5. The molecule has 0 aliphatic rings. The highest BCUT2D eigenvalue weighted by Crippen LogP contribution is 2.17. The van der Waals surface area contributed by atoms with E-state index in [0.29, 0.717) is 36.6 Å². The van der Waals surface area contributed by atoms with Gasteiger partial charge in [-0.1, -0.05) is 28.1 Å². The number of carbonyl (C=O) groups is 3. The Morgan fingerprint density at radius 2 is 1.81 bits per heavy atom. The zero-order valence-corrected chi connectivity index (χ0v) is 18.5. The molecule has 0 saturated carbocycles. The van der Waals surface area contributed by atoms with E-state index in [1.165, 1.54) is 6.21 Å². The molecule has 2 aromatic carbocycles. The number of amides is 3. The molecule has 0 aliphatic heterocycles. The van der Waals surface area contributed by atoms with Gasteiger partial charge in [0.2, 0.25) is 0 Å². The predicted octanol–water partition coefficient (Wildman–Crippen LogP) is 2.07. The second-order valence-electron chi connectivity index (χ2n) is 6.18. The summed E-state index contributed by atoms with van der Waals surface area (Å²) >= 11 is 3.33. The quantitative estimate of drug-likeness (QED) is 0.204. The Morgan fingerprint density at radius 3 is 2.55 bits per heavy atom. The van der Waals surface area contributed by atoms with Crippen LogP contribution in [-0.2, 0) is 19.1 Å². The van der Waals surface area contributed by atoms with Crippen molar-refractivity contribution >= 4 is 45.6 Å². The zero-order valence-electron chi connectivity index (χ0n) is 16.9. The number of nitrogens with zero attached hydrogens (tertiary/aromatic N) is 1. The highest BCUT2D eigenvalue weighted by Gasteiger charge is 2.11. The molecule has 3 N–H and O–H groups in total. The smallest absolute Gasteiger partial charge is 0.329 e. The van der Waals surface area contributed by atoms with E-state index in [1.54, 1.807) is 43.5 Å². The van der Waals surface area contributed by atoms with Crippen LogP contribution in [0.15, 0.2) is 58.1 Å². The van der Waals surface area contributed by atoms with E-state index in [4.69, 9.17) is 9.47 Å². The van der Waals surface area contributed by atoms with Gasteiger partial charge in [0.05, 0.1) is 6.21 Å². The Hall–Kier alpha value is -3.24. The summed E-state index contributed by atoms with van der Waals surface area (Å²) in [4.78, 5) is 35.5. The van der Waals surface area contributed by atoms with Gasteiger partial charge in [-0.25, -0.2) is 5.43 Å². The van der Waals surface area contributed by atoms with E-state index in [0.717, 1.165) is 4.47 Å². The summed E-state index contributed by atoms with van der Waals surface area (Å²) in [7, 11) is 1.56. The normalized spacial score (nSPS) is 10.5. The summed E-state index contributed by atoms with van der Waals surface area (Å²) in [5, 5.41) is 8.96. The van der Waals surface area contributed by atoms with Gasteiger partial charge in [-0.2, -0.15) is 5.10 Å². The van der Waals surface area contributed by atoms with Gasteiger partial charge in [0.15, 0.2) is 6.61 Å². The number of benzene rings is 2. The molecule has 0 bridgehead atoms. The van der Waals surface area contributed by atoms with Gasteiger partial charge in [-0.3, -0.25) is 14.4 Å². The van der Waals surface area contributed by atoms with Crippen LogP contribution in [0.3, 0.4) is 0 Å². The number of methoxy groups -OCH3 is 1. The van der Waals surface area contributed by atoms with Crippen LogP contribution in [0.2, 0.25) is 0 Å². The summed E-state index contributed by atoms with van der Waals surface area (Å²) in [5.74, 6) is -1.61. The lowest BCUT2D eigenvalue weighted by atomic mass is 10.2. The van der Waals surface area contributed by atoms with Crippen molar-refractivity contribution in [1.29, 1.82) is 0 Å². The maximum Gasteiger partial charge on any atom is 0.329 e. The predicted molar refractivity (Wildman–Crippen MR) is 120 cm³/mol. The van der Waals surface area contributed by atoms with Gasteiger partial charge < -0.3 is 20.1 Å². The number of para-hydroxylation sites is 1. The largest absolute Gasteiger partial charge is 0.483 e. The van der Waals surface area contributed by atoms with E-state index in [-0.39, 0.29) is 12.5 Å². The molecule has 31 heavy (non-hydrogen) atoms. The maximum atomic E-state index is 12.1. The molecule has 0 atom stereocenters. The first-order valence-electron chi connectivity index (χ1n) is 9.37. The third kappa shape index (κ3) is 8.97. The van der Waals surface area contributed by atoms with Gasteiger partial charge >= 0.3 is 11.8 Å². The lowest BCUT2D eigenvalue weighted by Gasteiger charge is -2.09. The van der Waals surface area contributed by atoms with Crippen molar-refractivity contribution in [2.24, 2.45) is 5.10 Å². The summed E-state index contributed by atoms with van der Waals surface area (Å²) in [6, 6.07) is 14.0. The first kappa shape index (κ1) is 24.0. The molecule has 0 aromatic heterocycles. The van der Waals surface area contributed by atoms with Crippen molar-refractivity contribution in [2.75, 3.05) is 32.2 Å². The molecule has 0 heterocycles. The van der Waals surface area contributed by atoms with Crippen LogP contribution in [0.25, 0.3) is 0 Å². The fourth-order valence-corrected chi connectivity index (χ4v) is 2.57. The number of ether oxygens (including phenoxy) is 2. The highest BCUT2D eigenvalue weighted by molar-refractivity contribution is 9.10. The van der Waals surface area contributed by atoms with Gasteiger partial charge in [0.25, 0.3) is 5.91 Å². The van der Waals surface area contributed by atoms with Crippen molar-refractivity contribution in [3.05, 3.63) is 58.6 Å². The monoisotopic (exact) mass is 490 g/mol. The second-order valence-corrected chi connectivity index (χ2v) is 7.10. The van der Waals surface area contributed by atoms with Gasteiger partial charge in [0.1, 0.15) is 5.75 Å². The van der Waals surface area contributed by atoms with Gasteiger partial charge in [-0.15, -0.1) is 0 Å². The minimum atomic E-state index is -0.888. The van der Waals surface area contributed by atoms with E-state index < -0.39 is 11.8 Å². The molecule has 10 heteroatoms. The number of carbonyl (C=O) groups excluding carboxylic acids is 3. The van der Waals surface area contributed by atoms with Crippen molar-refractivity contribution in [3.8, 4) is 5.75 Å². The SMILES string of the molecule is COCCCNC(=O)C(=O)N/N=C\c1ccccc1OCC(=O)Nc1ccc(Br)cc1. The number of halogens is 1. The van der Waals surface area contributed by atoms with Crippen LogP contribution < -0.4 is 20.8 Å². The van der Waals surface area contributed by atoms with Crippen molar-refractivity contribution in [3.63, 3.8) is 0 Å². The average Bonchev–Trinajstić information content (AvgIpc) is 2.77. The van der Waals surface area contributed by atoms with Gasteiger partial charge in [-0.05, 0) is 42.8 Å². The summed E-state index contributed by atoms with van der Waals surface area (Å²) in [6.07, 6.45) is 1.93. The topological polar surface area (TPSA) is 118 Å². The molecule has 0 radical (unpaired) electrons. The molecule has 0 fully saturated rings. The van der Waals surface area contributed by atoms with Crippen LogP contribution >= 0.6 is 15.9 Å². The highest BCUT2D eigenvalue weighted by atomic mass is 79.9. The molecule has 2 aromatic rings. The van der Waals surface area contributed by atoms with Crippen LogP contribution in [0.4, 0.5) is 5.69 Å². The number of hydrogen-bond acceptors (Lipinski definition) is 6. The van der Waals surface area contributed by atoms with E-state index in [2.05, 4.69) is 37.1 Å². The molecule has 9 nitrogen and oxygen atoms in total. The fraction of sp³-hybridized carbons (Fsp3) is 0.238. The molecule has 0 saturated heterocycles. The molecule has 164 valence electrons. The maximum absolute atomic E-state index is 12.1. The first-order valence-corrected chi connectivity index (χ1v) is 10.2. The molecule has 3 amide bonds. The third-order valence-electron chi connectivity index (χ3n) is 3.79. The number of nitrogens with one attached hydrogen (secondary N) is 3. The number of hydrazone groups is 1. The Balaban J connectivity index is 1.84. The van der Waals surface area contributed by atoms with Crippen molar-refractivity contribution < 1.29 is 23.9 Å². The van der Waals surface area contributed by atoms with Crippen LogP contribution in [0.5, 0.6) is 5.75 Å². The van der Waals surface area contributed by atoms with Crippen LogP contribution in [0.1, 0.15) is 12.0 Å². The lowest BCUT2D eigenvalue weighted by Crippen LogP contribution is -2.38. The van der Waals surface area contributed by atoms with Crippen molar-refractivity contribution in [1.82, 2.24) is 10.7 Å². The average molecular weight is 491 g/mol. The Morgan fingerprint density at radius 1 is 1.06 bits per heavy atom. The van der Waals surface area contributed by atoms with E-state index >= 15 is 0 Å². The molecule has 0 unspecified atom stereocenters. The summed E-state index contributed by atoms with van der Waals surface area (Å²) in [6.45, 7) is 0.595. The summed E-state index contributed by atoms with van der Waals surface area (Å²) in [5.41, 5.74) is 3.33. The minimum absolute atomic E-state index is 0.211. The fourth-order valence-electron chi connectivity index (χ4n) is 2.30. The third-order valence-corrected chi connectivity index (χ3v) is 4.32. The number of hydrogen-bond donors (Lipinski definition) is 3. The lowest BCUT2D eigenvalue weighted by molar-refractivity contribution is -0.139. The Bertz CT molecular complexity index is 918. The van der Waals surface area contributed by atoms with Gasteiger partial charge in [0, 0.05) is 36.0 Å². The molecule has 2 rings (SSSR count). The Labute approximate surface area is 188 Å². The number of anilines is 1. The molecular weight excluding hydrogens is 468 g/mol. The minimum Gasteiger partial charge on any atom is -0.483 e. The van der Waals surface area contributed by atoms with Crippen LogP contribution in [-0.4, -0.2) is 50.8 Å². The summed E-state index contributed by atoms with van der Waals surface area (Å²) < 4.78 is 11.3. The van der Waals surface area contributed by atoms with Crippen molar-refractivity contribution in [2.45, 2.75) is 6.42 Å². The van der Waals surface area contributed by atoms with E-state index in [9.17, 15) is 14.4 Å². The second kappa shape index (κ2) is 13.1. The molecule has 0 spiro atoms.